The maximum atomic E-state index is 12.8. The Labute approximate surface area is 401 Å². The second kappa shape index (κ2) is 47.8. The Balaban J connectivity index is 4.20. The highest BCUT2D eigenvalue weighted by atomic mass is 16.6. The summed E-state index contributed by atoms with van der Waals surface area (Å²) in [6.45, 7) is 4.65. The first-order chi connectivity index (χ1) is 31.6. The molecule has 0 radical (unpaired) electrons. The van der Waals surface area contributed by atoms with Gasteiger partial charge in [-0.15, -0.1) is 0 Å². The number of quaternary nitrogens is 1. The number of carboxylic acids is 1. The molecule has 2 unspecified atom stereocenters. The molecule has 0 aliphatic heterocycles. The molecule has 378 valence electrons. The fourth-order valence-electron chi connectivity index (χ4n) is 8.04. The monoisotopic (exact) mass is 915 g/mol. The van der Waals surface area contributed by atoms with Gasteiger partial charge in [0, 0.05) is 19.3 Å². The topological polar surface area (TPSA) is 99.1 Å². The summed E-state index contributed by atoms with van der Waals surface area (Å²) >= 11 is 0. The van der Waals surface area contributed by atoms with Gasteiger partial charge in [-0.25, -0.2) is 4.79 Å². The number of unbranched alkanes of at least 4 members (excludes halogenated alkanes) is 27. The Hall–Kier alpha value is -2.71. The van der Waals surface area contributed by atoms with Crippen molar-refractivity contribution in [2.45, 2.75) is 257 Å². The van der Waals surface area contributed by atoms with E-state index in [-0.39, 0.29) is 36.2 Å². The van der Waals surface area contributed by atoms with Gasteiger partial charge in [0.15, 0.2) is 12.1 Å². The number of likely N-dealkylation sites (N-methyl/N-ethyl adjacent to an activating group) is 1. The average molecular weight is 915 g/mol. The van der Waals surface area contributed by atoms with Crippen molar-refractivity contribution in [2.75, 3.05) is 41.0 Å². The van der Waals surface area contributed by atoms with Crippen LogP contribution in [-0.4, -0.2) is 80.6 Å². The fourth-order valence-corrected chi connectivity index (χ4v) is 8.04. The van der Waals surface area contributed by atoms with Crippen molar-refractivity contribution >= 4 is 17.9 Å². The number of carbonyl (C=O) groups excluding carboxylic acids is 2. The van der Waals surface area contributed by atoms with Gasteiger partial charge < -0.3 is 23.8 Å². The number of rotatable bonds is 49. The number of hydrogen-bond acceptors (Lipinski definition) is 6. The van der Waals surface area contributed by atoms with Crippen molar-refractivity contribution in [1.82, 2.24) is 0 Å². The molecule has 0 heterocycles. The maximum Gasteiger partial charge on any atom is 0.362 e. The highest BCUT2D eigenvalue weighted by Gasteiger charge is 2.31. The van der Waals surface area contributed by atoms with Crippen molar-refractivity contribution < 1.29 is 38.2 Å². The van der Waals surface area contributed by atoms with E-state index in [1.807, 2.05) is 21.1 Å². The summed E-state index contributed by atoms with van der Waals surface area (Å²) in [5, 5.41) is 9.66. The third kappa shape index (κ3) is 46.2. The summed E-state index contributed by atoms with van der Waals surface area (Å²) in [6, 6.07) is -0.618. The van der Waals surface area contributed by atoms with E-state index in [0.717, 1.165) is 64.2 Å². The molecule has 0 bridgehead atoms. The van der Waals surface area contributed by atoms with Gasteiger partial charge in [-0.05, 0) is 70.6 Å². The summed E-state index contributed by atoms with van der Waals surface area (Å²) in [7, 11) is 5.54. The smallest absolute Gasteiger partial charge is 0.362 e. The highest BCUT2D eigenvalue weighted by molar-refractivity contribution is 5.72. The van der Waals surface area contributed by atoms with Gasteiger partial charge >= 0.3 is 17.9 Å². The minimum Gasteiger partial charge on any atom is -0.477 e. The number of esters is 2. The van der Waals surface area contributed by atoms with Crippen molar-refractivity contribution in [2.24, 2.45) is 0 Å². The van der Waals surface area contributed by atoms with Gasteiger partial charge in [0.2, 0.25) is 0 Å². The number of nitrogens with zero attached hydrogens (tertiary/aromatic N) is 1. The third-order valence-corrected chi connectivity index (χ3v) is 12.2. The standard InChI is InChI=1S/C57H103NO7/c1-6-8-10-12-14-16-18-20-22-24-26-27-28-30-31-33-35-37-39-41-43-45-47-55(59)64-52-53(51-63-50-49-54(57(61)62)58(3,4)5)65-56(60)48-46-44-42-40-38-36-34-32-29-25-23-21-19-17-15-13-11-9-7-2/h9,11,15,17,21,23,28,30,53-54H,6-8,10,12-14,16,18-20,22,24-27,29,31-52H2,1-5H3/p+1/b11-9+,17-15+,23-21+,30-28+. The number of ether oxygens (including phenoxy) is 3. The van der Waals surface area contributed by atoms with Crippen LogP contribution in [0.25, 0.3) is 0 Å². The summed E-state index contributed by atoms with van der Waals surface area (Å²) in [5.41, 5.74) is 0. The lowest BCUT2D eigenvalue weighted by atomic mass is 10.0. The molecule has 8 nitrogen and oxygen atoms in total. The minimum absolute atomic E-state index is 0.0547. The van der Waals surface area contributed by atoms with Crippen molar-refractivity contribution in [3.8, 4) is 0 Å². The molecule has 0 rings (SSSR count). The number of carboxylic acid groups (broad SMARTS) is 1. The molecule has 0 saturated heterocycles. The zero-order valence-electron chi connectivity index (χ0n) is 43.2. The molecule has 0 saturated carbocycles. The minimum atomic E-state index is -0.875. The largest absolute Gasteiger partial charge is 0.477 e. The Morgan fingerprint density at radius 2 is 0.862 bits per heavy atom. The van der Waals surface area contributed by atoms with Crippen molar-refractivity contribution in [3.63, 3.8) is 0 Å². The van der Waals surface area contributed by atoms with Crippen LogP contribution in [0.15, 0.2) is 48.6 Å². The quantitative estimate of drug-likeness (QED) is 0.0281. The molecule has 1 N–H and O–H groups in total. The van der Waals surface area contributed by atoms with E-state index >= 15 is 0 Å². The molecule has 0 amide bonds. The van der Waals surface area contributed by atoms with Crippen LogP contribution in [0.3, 0.4) is 0 Å². The van der Waals surface area contributed by atoms with Gasteiger partial charge in [0.1, 0.15) is 6.61 Å². The van der Waals surface area contributed by atoms with Crippen LogP contribution in [-0.2, 0) is 28.6 Å². The molecule has 0 aromatic rings. The summed E-state index contributed by atoms with van der Waals surface area (Å²) in [6.07, 6.45) is 58.8. The molecule has 0 fully saturated rings. The third-order valence-electron chi connectivity index (χ3n) is 12.2. The van der Waals surface area contributed by atoms with Gasteiger partial charge in [0.05, 0.1) is 34.4 Å². The van der Waals surface area contributed by atoms with Crippen LogP contribution >= 0.6 is 0 Å². The van der Waals surface area contributed by atoms with Gasteiger partial charge in [-0.2, -0.15) is 0 Å². The van der Waals surface area contributed by atoms with E-state index in [4.69, 9.17) is 14.2 Å². The number of aliphatic carboxylic acids is 1. The van der Waals surface area contributed by atoms with Crippen LogP contribution in [0.1, 0.15) is 245 Å². The number of carbonyl (C=O) groups is 3. The summed E-state index contributed by atoms with van der Waals surface area (Å²) in [5.74, 6) is -1.47. The molecule has 2 atom stereocenters. The molecule has 0 spiro atoms. The van der Waals surface area contributed by atoms with Gasteiger partial charge in [-0.3, -0.25) is 9.59 Å². The van der Waals surface area contributed by atoms with Crippen molar-refractivity contribution in [3.05, 3.63) is 48.6 Å². The SMILES string of the molecule is CC/C=C/C/C=C/C/C=C/CCCCCCCCCCCC(=O)OC(COCCC(C(=O)O)[N+](C)(C)C)COC(=O)CCCCCCCCC/C=C/CCCCCCCCCCCCC. The van der Waals surface area contributed by atoms with E-state index in [2.05, 4.69) is 62.5 Å². The van der Waals surface area contributed by atoms with E-state index in [0.29, 0.717) is 19.3 Å². The lowest BCUT2D eigenvalue weighted by molar-refractivity contribution is -0.887. The first kappa shape index (κ1) is 62.3. The second-order valence-corrected chi connectivity index (χ2v) is 19.5. The Kier molecular flexibility index (Phi) is 45.8. The Morgan fingerprint density at radius 3 is 1.29 bits per heavy atom. The lowest BCUT2D eigenvalue weighted by Crippen LogP contribution is -2.50. The predicted octanol–water partition coefficient (Wildman–Crippen LogP) is 15.9. The normalized spacial score (nSPS) is 13.2. The molecule has 0 aromatic heterocycles. The summed E-state index contributed by atoms with van der Waals surface area (Å²) in [4.78, 5) is 37.2. The van der Waals surface area contributed by atoms with Crippen LogP contribution in [0.4, 0.5) is 0 Å². The average Bonchev–Trinajstić information content (AvgIpc) is 3.27. The van der Waals surface area contributed by atoms with E-state index in [1.54, 1.807) is 0 Å². The second-order valence-electron chi connectivity index (χ2n) is 19.5. The molecular weight excluding hydrogens is 811 g/mol. The highest BCUT2D eigenvalue weighted by Crippen LogP contribution is 2.16. The zero-order chi connectivity index (χ0) is 47.7. The Bertz CT molecular complexity index is 1200. The van der Waals surface area contributed by atoms with Crippen LogP contribution in [0.2, 0.25) is 0 Å². The molecule has 8 heteroatoms. The van der Waals surface area contributed by atoms with Crippen LogP contribution in [0, 0.1) is 0 Å². The molecule has 65 heavy (non-hydrogen) atoms. The van der Waals surface area contributed by atoms with Gasteiger partial charge in [-0.1, -0.05) is 204 Å². The molecule has 0 aromatic carbocycles. The van der Waals surface area contributed by atoms with E-state index < -0.39 is 18.1 Å². The predicted molar refractivity (Wildman–Crippen MR) is 275 cm³/mol. The molecule has 0 aliphatic rings. The lowest BCUT2D eigenvalue weighted by Gasteiger charge is -2.31. The van der Waals surface area contributed by atoms with Crippen molar-refractivity contribution in [1.29, 1.82) is 0 Å². The zero-order valence-corrected chi connectivity index (χ0v) is 43.2. The first-order valence-electron chi connectivity index (χ1n) is 27.2. The summed E-state index contributed by atoms with van der Waals surface area (Å²) < 4.78 is 17.4. The van der Waals surface area contributed by atoms with Gasteiger partial charge in [0.25, 0.3) is 0 Å². The number of allylic oxidation sites excluding steroid dienone is 8. The Morgan fingerprint density at radius 1 is 0.477 bits per heavy atom. The van der Waals surface area contributed by atoms with E-state index in [1.165, 1.54) is 148 Å². The molecular formula is C57H104NO7+. The van der Waals surface area contributed by atoms with Crippen LogP contribution in [0.5, 0.6) is 0 Å². The first-order valence-corrected chi connectivity index (χ1v) is 27.2. The van der Waals surface area contributed by atoms with Crippen LogP contribution < -0.4 is 0 Å². The fraction of sp³-hybridized carbons (Fsp3) is 0.807. The van der Waals surface area contributed by atoms with E-state index in [9.17, 15) is 19.5 Å². The maximum absolute atomic E-state index is 12.8. The molecule has 0 aliphatic carbocycles. The number of hydrogen-bond donors (Lipinski definition) is 1.